The Morgan fingerprint density at radius 2 is 1.86 bits per heavy atom. The SMILES string of the molecule is CC(C)CN1CCC2(C1)CN(C(=O)C1(C#N)CCCC1)C2. The fraction of sp³-hybridized carbons (Fsp3) is 0.882. The molecule has 21 heavy (non-hydrogen) atoms. The predicted molar refractivity (Wildman–Crippen MR) is 81.4 cm³/mol. The summed E-state index contributed by atoms with van der Waals surface area (Å²) in [5.41, 5.74) is -0.350. The van der Waals surface area contributed by atoms with Gasteiger partial charge in [-0.3, -0.25) is 4.79 Å². The van der Waals surface area contributed by atoms with Gasteiger partial charge in [-0.2, -0.15) is 5.26 Å². The molecular weight excluding hydrogens is 262 g/mol. The van der Waals surface area contributed by atoms with E-state index in [0.29, 0.717) is 11.3 Å². The Morgan fingerprint density at radius 3 is 2.43 bits per heavy atom. The van der Waals surface area contributed by atoms with Crippen molar-refractivity contribution in [2.24, 2.45) is 16.7 Å². The van der Waals surface area contributed by atoms with Crippen LogP contribution in [0.5, 0.6) is 0 Å². The highest BCUT2D eigenvalue weighted by Gasteiger charge is 2.53. The van der Waals surface area contributed by atoms with Crippen molar-refractivity contribution in [1.82, 2.24) is 9.80 Å². The molecule has 0 atom stereocenters. The smallest absolute Gasteiger partial charge is 0.243 e. The summed E-state index contributed by atoms with van der Waals surface area (Å²) in [6.07, 6.45) is 4.81. The van der Waals surface area contributed by atoms with Gasteiger partial charge in [0.2, 0.25) is 5.91 Å². The summed E-state index contributed by atoms with van der Waals surface area (Å²) in [4.78, 5) is 17.2. The van der Waals surface area contributed by atoms with Crippen molar-refractivity contribution in [2.75, 3.05) is 32.7 Å². The van der Waals surface area contributed by atoms with Gasteiger partial charge in [0.1, 0.15) is 5.41 Å². The van der Waals surface area contributed by atoms with E-state index in [1.807, 2.05) is 4.90 Å². The first-order valence-corrected chi connectivity index (χ1v) is 8.42. The van der Waals surface area contributed by atoms with Gasteiger partial charge in [-0.15, -0.1) is 0 Å². The number of amides is 1. The third-order valence-corrected chi connectivity index (χ3v) is 5.56. The summed E-state index contributed by atoms with van der Waals surface area (Å²) in [7, 11) is 0. The number of nitriles is 1. The molecule has 0 aromatic carbocycles. The van der Waals surface area contributed by atoms with E-state index in [-0.39, 0.29) is 5.91 Å². The molecule has 116 valence electrons. The van der Waals surface area contributed by atoms with Crippen LogP contribution in [0.2, 0.25) is 0 Å². The van der Waals surface area contributed by atoms with Crippen LogP contribution in [0, 0.1) is 28.1 Å². The highest BCUT2D eigenvalue weighted by Crippen LogP contribution is 2.45. The molecule has 2 saturated heterocycles. The largest absolute Gasteiger partial charge is 0.340 e. The van der Waals surface area contributed by atoms with E-state index in [0.717, 1.165) is 51.9 Å². The van der Waals surface area contributed by atoms with Crippen molar-refractivity contribution in [3.63, 3.8) is 0 Å². The van der Waals surface area contributed by atoms with Crippen LogP contribution in [0.4, 0.5) is 0 Å². The molecule has 3 aliphatic rings. The molecule has 1 saturated carbocycles. The topological polar surface area (TPSA) is 47.3 Å². The third kappa shape index (κ3) is 2.57. The maximum absolute atomic E-state index is 12.7. The van der Waals surface area contributed by atoms with Gasteiger partial charge in [0, 0.05) is 31.6 Å². The minimum Gasteiger partial charge on any atom is -0.340 e. The first kappa shape index (κ1) is 14.8. The van der Waals surface area contributed by atoms with E-state index in [2.05, 4.69) is 24.8 Å². The molecule has 2 aliphatic heterocycles. The Morgan fingerprint density at radius 1 is 1.19 bits per heavy atom. The number of carbonyl (C=O) groups is 1. The van der Waals surface area contributed by atoms with Gasteiger partial charge in [0.05, 0.1) is 6.07 Å². The lowest BCUT2D eigenvalue weighted by molar-refractivity contribution is -0.150. The summed E-state index contributed by atoms with van der Waals surface area (Å²) in [6.45, 7) is 9.75. The van der Waals surface area contributed by atoms with Crippen molar-refractivity contribution in [2.45, 2.75) is 46.0 Å². The molecule has 0 N–H and O–H groups in total. The second-order valence-corrected chi connectivity index (χ2v) is 7.94. The van der Waals surface area contributed by atoms with Crippen LogP contribution in [0.25, 0.3) is 0 Å². The summed E-state index contributed by atoms with van der Waals surface area (Å²) in [5, 5.41) is 9.45. The highest BCUT2D eigenvalue weighted by atomic mass is 16.2. The van der Waals surface area contributed by atoms with Gasteiger partial charge in [-0.1, -0.05) is 26.7 Å². The first-order chi connectivity index (χ1) is 9.99. The molecule has 0 aromatic rings. The minimum atomic E-state index is -0.683. The summed E-state index contributed by atoms with van der Waals surface area (Å²) < 4.78 is 0. The molecule has 1 aliphatic carbocycles. The van der Waals surface area contributed by atoms with Crippen molar-refractivity contribution in [3.8, 4) is 6.07 Å². The van der Waals surface area contributed by atoms with Gasteiger partial charge in [0.15, 0.2) is 0 Å². The quantitative estimate of drug-likeness (QED) is 0.800. The lowest BCUT2D eigenvalue weighted by Gasteiger charge is -2.50. The van der Waals surface area contributed by atoms with Crippen LogP contribution in [0.15, 0.2) is 0 Å². The Hall–Kier alpha value is -1.08. The number of carbonyl (C=O) groups excluding carboxylic acids is 1. The molecule has 3 rings (SSSR count). The highest BCUT2D eigenvalue weighted by molar-refractivity contribution is 5.86. The van der Waals surface area contributed by atoms with Crippen LogP contribution >= 0.6 is 0 Å². The number of likely N-dealkylation sites (tertiary alicyclic amines) is 2. The number of rotatable bonds is 3. The van der Waals surface area contributed by atoms with Gasteiger partial charge in [0.25, 0.3) is 0 Å². The van der Waals surface area contributed by atoms with E-state index >= 15 is 0 Å². The first-order valence-electron chi connectivity index (χ1n) is 8.42. The van der Waals surface area contributed by atoms with Crippen molar-refractivity contribution < 1.29 is 4.79 Å². The molecule has 4 nitrogen and oxygen atoms in total. The summed E-state index contributed by atoms with van der Waals surface area (Å²) >= 11 is 0. The fourth-order valence-corrected chi connectivity index (χ4v) is 4.52. The zero-order valence-electron chi connectivity index (χ0n) is 13.4. The molecule has 0 unspecified atom stereocenters. The van der Waals surface area contributed by atoms with Crippen molar-refractivity contribution in [1.29, 1.82) is 5.26 Å². The predicted octanol–water partition coefficient (Wildman–Crippen LogP) is 2.26. The Bertz CT molecular complexity index is 453. The molecule has 2 heterocycles. The maximum Gasteiger partial charge on any atom is 0.243 e. The normalized spacial score (nSPS) is 27.0. The second kappa shape index (κ2) is 5.28. The van der Waals surface area contributed by atoms with Crippen molar-refractivity contribution in [3.05, 3.63) is 0 Å². The van der Waals surface area contributed by atoms with Crippen LogP contribution in [-0.2, 0) is 4.79 Å². The van der Waals surface area contributed by atoms with Crippen LogP contribution in [0.1, 0.15) is 46.0 Å². The van der Waals surface area contributed by atoms with Gasteiger partial charge < -0.3 is 9.80 Å². The number of nitrogens with zero attached hydrogens (tertiary/aromatic N) is 3. The Balaban J connectivity index is 1.56. The summed E-state index contributed by atoms with van der Waals surface area (Å²) in [5.74, 6) is 0.828. The van der Waals surface area contributed by atoms with E-state index in [4.69, 9.17) is 0 Å². The minimum absolute atomic E-state index is 0.121. The van der Waals surface area contributed by atoms with Gasteiger partial charge >= 0.3 is 0 Å². The molecule has 4 heteroatoms. The van der Waals surface area contributed by atoms with Crippen LogP contribution in [0.3, 0.4) is 0 Å². The monoisotopic (exact) mass is 289 g/mol. The lowest BCUT2D eigenvalue weighted by atomic mass is 9.76. The zero-order chi connectivity index (χ0) is 15.1. The van der Waals surface area contributed by atoms with Crippen molar-refractivity contribution >= 4 is 5.91 Å². The summed E-state index contributed by atoms with van der Waals surface area (Å²) in [6, 6.07) is 2.34. The average molecular weight is 289 g/mol. The number of hydrogen-bond donors (Lipinski definition) is 0. The van der Waals surface area contributed by atoms with Crippen LogP contribution in [-0.4, -0.2) is 48.4 Å². The van der Waals surface area contributed by atoms with E-state index in [1.54, 1.807) is 0 Å². The van der Waals surface area contributed by atoms with E-state index in [1.165, 1.54) is 13.0 Å². The van der Waals surface area contributed by atoms with Gasteiger partial charge in [-0.05, 0) is 31.7 Å². The van der Waals surface area contributed by atoms with E-state index < -0.39 is 5.41 Å². The molecule has 0 aromatic heterocycles. The zero-order valence-corrected chi connectivity index (χ0v) is 13.4. The standard InChI is InChI=1S/C17H27N3O/c1-14(2)9-19-8-7-16(11-19)12-20(13-16)15(21)17(10-18)5-3-4-6-17/h14H,3-9,11-13H2,1-2H3. The lowest BCUT2D eigenvalue weighted by Crippen LogP contribution is -2.62. The molecule has 0 bridgehead atoms. The average Bonchev–Trinajstić information content (AvgIpc) is 3.02. The molecule has 1 amide bonds. The Labute approximate surface area is 128 Å². The Kier molecular flexibility index (Phi) is 3.73. The molecule has 3 fully saturated rings. The molecular formula is C17H27N3O. The second-order valence-electron chi connectivity index (χ2n) is 7.94. The van der Waals surface area contributed by atoms with Crippen LogP contribution < -0.4 is 0 Å². The maximum atomic E-state index is 12.7. The number of hydrogen-bond acceptors (Lipinski definition) is 3. The van der Waals surface area contributed by atoms with E-state index in [9.17, 15) is 10.1 Å². The molecule has 1 spiro atoms. The third-order valence-electron chi connectivity index (χ3n) is 5.56. The van der Waals surface area contributed by atoms with Gasteiger partial charge in [-0.25, -0.2) is 0 Å². The molecule has 0 radical (unpaired) electrons. The fourth-order valence-electron chi connectivity index (χ4n) is 4.52.